The second-order valence-electron chi connectivity index (χ2n) is 9.35. The van der Waals surface area contributed by atoms with Gasteiger partial charge < -0.3 is 15.1 Å². The van der Waals surface area contributed by atoms with Crippen LogP contribution in [0.2, 0.25) is 0 Å². The summed E-state index contributed by atoms with van der Waals surface area (Å²) in [5.74, 6) is 0.449. The molecule has 0 unspecified atom stereocenters. The standard InChI is InChI=1S/C25H29F6N5O/c26-24(27,28)18-1-4-21(5-2-18)35-15-13-34(14-16-35)10-9-23(37)36-11-7-20(8-12-36)33-22-6-3-19(17-32-22)25(29,30)31/h1-6,17,20H,7-16H2,(H,32,33). The number of carbonyl (C=O) groups is 1. The number of likely N-dealkylation sites (tertiary alicyclic amines) is 1. The second kappa shape index (κ2) is 11.2. The Morgan fingerprint density at radius 2 is 1.43 bits per heavy atom. The van der Waals surface area contributed by atoms with E-state index >= 15 is 0 Å². The number of halogens is 6. The highest BCUT2D eigenvalue weighted by Gasteiger charge is 2.32. The van der Waals surface area contributed by atoms with Crippen molar-refractivity contribution in [2.75, 3.05) is 56.0 Å². The van der Waals surface area contributed by atoms with Crippen LogP contribution in [0.1, 0.15) is 30.4 Å². The van der Waals surface area contributed by atoms with E-state index in [1.54, 1.807) is 0 Å². The van der Waals surface area contributed by atoms with Crippen LogP contribution in [0.5, 0.6) is 0 Å². The van der Waals surface area contributed by atoms with Gasteiger partial charge in [0.25, 0.3) is 0 Å². The van der Waals surface area contributed by atoms with E-state index in [9.17, 15) is 31.1 Å². The lowest BCUT2D eigenvalue weighted by Crippen LogP contribution is -2.48. The number of hydrogen-bond donors (Lipinski definition) is 1. The molecule has 2 aliphatic heterocycles. The van der Waals surface area contributed by atoms with E-state index in [0.29, 0.717) is 57.8 Å². The monoisotopic (exact) mass is 529 g/mol. The summed E-state index contributed by atoms with van der Waals surface area (Å²) in [6.45, 7) is 4.55. The summed E-state index contributed by atoms with van der Waals surface area (Å²) in [5, 5.41) is 3.15. The average Bonchev–Trinajstić information content (AvgIpc) is 2.87. The van der Waals surface area contributed by atoms with E-state index in [1.807, 2.05) is 9.80 Å². The summed E-state index contributed by atoms with van der Waals surface area (Å²) >= 11 is 0. The predicted octanol–water partition coefficient (Wildman–Crippen LogP) is 4.73. The number of anilines is 2. The molecule has 0 saturated carbocycles. The first-order valence-electron chi connectivity index (χ1n) is 12.2. The Morgan fingerprint density at radius 1 is 0.838 bits per heavy atom. The molecule has 2 aromatic rings. The molecule has 0 aliphatic carbocycles. The molecular weight excluding hydrogens is 500 g/mol. The average molecular weight is 530 g/mol. The molecule has 1 aromatic carbocycles. The predicted molar refractivity (Wildman–Crippen MR) is 127 cm³/mol. The van der Waals surface area contributed by atoms with E-state index in [4.69, 9.17) is 0 Å². The first kappa shape index (κ1) is 27.0. The fourth-order valence-corrected chi connectivity index (χ4v) is 4.63. The quantitative estimate of drug-likeness (QED) is 0.549. The van der Waals surface area contributed by atoms with Gasteiger partial charge in [-0.1, -0.05) is 0 Å². The number of alkyl halides is 6. The second-order valence-corrected chi connectivity index (χ2v) is 9.35. The Labute approximate surface area is 211 Å². The van der Waals surface area contributed by atoms with Gasteiger partial charge >= 0.3 is 12.4 Å². The molecule has 1 aromatic heterocycles. The number of amides is 1. The molecule has 6 nitrogen and oxygen atoms in total. The van der Waals surface area contributed by atoms with Crippen molar-refractivity contribution in [2.45, 2.75) is 37.7 Å². The Bertz CT molecular complexity index is 1030. The molecule has 12 heteroatoms. The molecule has 0 radical (unpaired) electrons. The van der Waals surface area contributed by atoms with Gasteiger partial charge in [0, 0.05) is 70.2 Å². The zero-order valence-electron chi connectivity index (χ0n) is 20.2. The molecule has 1 N–H and O–H groups in total. The normalized spacial score (nSPS) is 18.2. The molecule has 1 amide bonds. The summed E-state index contributed by atoms with van der Waals surface area (Å²) in [7, 11) is 0. The van der Waals surface area contributed by atoms with Crippen LogP contribution in [0.25, 0.3) is 0 Å². The minimum absolute atomic E-state index is 0.0339. The third-order valence-electron chi connectivity index (χ3n) is 6.86. The number of carbonyl (C=O) groups excluding carboxylic acids is 1. The SMILES string of the molecule is O=C(CCN1CCN(c2ccc(C(F)(F)F)cc2)CC1)N1CCC(Nc2ccc(C(F)(F)F)cn2)CC1. The van der Waals surface area contributed by atoms with Crippen LogP contribution >= 0.6 is 0 Å². The fraction of sp³-hybridized carbons (Fsp3) is 0.520. The van der Waals surface area contributed by atoms with Crippen LogP contribution in [0.3, 0.4) is 0 Å². The third-order valence-corrected chi connectivity index (χ3v) is 6.86. The van der Waals surface area contributed by atoms with Gasteiger partial charge in [-0.3, -0.25) is 9.69 Å². The Kier molecular flexibility index (Phi) is 8.15. The van der Waals surface area contributed by atoms with Crippen molar-refractivity contribution in [3.63, 3.8) is 0 Å². The van der Waals surface area contributed by atoms with Gasteiger partial charge in [-0.25, -0.2) is 4.98 Å². The summed E-state index contributed by atoms with van der Waals surface area (Å²) < 4.78 is 76.3. The van der Waals surface area contributed by atoms with Crippen molar-refractivity contribution in [3.05, 3.63) is 53.7 Å². The highest BCUT2D eigenvalue weighted by atomic mass is 19.4. The first-order chi connectivity index (χ1) is 17.5. The smallest absolute Gasteiger partial charge is 0.369 e. The van der Waals surface area contributed by atoms with Crippen LogP contribution in [-0.2, 0) is 17.1 Å². The van der Waals surface area contributed by atoms with Gasteiger partial charge in [-0.2, -0.15) is 26.3 Å². The lowest BCUT2D eigenvalue weighted by atomic mass is 10.0. The number of benzene rings is 1. The van der Waals surface area contributed by atoms with E-state index in [0.717, 1.165) is 43.2 Å². The van der Waals surface area contributed by atoms with E-state index < -0.39 is 23.5 Å². The fourth-order valence-electron chi connectivity index (χ4n) is 4.63. The lowest BCUT2D eigenvalue weighted by Gasteiger charge is -2.37. The van der Waals surface area contributed by atoms with Gasteiger partial charge in [-0.15, -0.1) is 0 Å². The number of piperidine rings is 1. The van der Waals surface area contributed by atoms with Crippen molar-refractivity contribution >= 4 is 17.4 Å². The molecule has 2 saturated heterocycles. The van der Waals surface area contributed by atoms with Crippen LogP contribution < -0.4 is 10.2 Å². The maximum atomic E-state index is 12.8. The molecule has 2 aliphatic rings. The summed E-state index contributed by atoms with van der Waals surface area (Å²) in [4.78, 5) is 22.6. The van der Waals surface area contributed by atoms with Crippen molar-refractivity contribution in [3.8, 4) is 0 Å². The number of nitrogens with zero attached hydrogens (tertiary/aromatic N) is 4. The van der Waals surface area contributed by atoms with E-state index in [-0.39, 0.29) is 11.9 Å². The van der Waals surface area contributed by atoms with Gasteiger partial charge in [0.1, 0.15) is 5.82 Å². The van der Waals surface area contributed by atoms with E-state index in [1.165, 1.54) is 18.2 Å². The van der Waals surface area contributed by atoms with Crippen LogP contribution in [0.4, 0.5) is 37.8 Å². The zero-order valence-corrected chi connectivity index (χ0v) is 20.2. The molecule has 37 heavy (non-hydrogen) atoms. The first-order valence-corrected chi connectivity index (χ1v) is 12.2. The molecular formula is C25H29F6N5O. The molecule has 202 valence electrons. The number of piperazine rings is 1. The number of pyridine rings is 1. The Balaban J connectivity index is 1.15. The van der Waals surface area contributed by atoms with Gasteiger partial charge in [0.05, 0.1) is 11.1 Å². The van der Waals surface area contributed by atoms with Crippen molar-refractivity contribution in [1.82, 2.24) is 14.8 Å². The number of nitrogens with one attached hydrogen (secondary N) is 1. The van der Waals surface area contributed by atoms with Crippen LogP contribution in [0, 0.1) is 0 Å². The topological polar surface area (TPSA) is 51.7 Å². The molecule has 4 rings (SSSR count). The summed E-state index contributed by atoms with van der Waals surface area (Å²) in [6, 6.07) is 7.53. The van der Waals surface area contributed by atoms with Crippen LogP contribution in [-0.4, -0.2) is 72.5 Å². The van der Waals surface area contributed by atoms with Crippen LogP contribution in [0.15, 0.2) is 42.6 Å². The molecule has 0 atom stereocenters. The number of hydrogen-bond acceptors (Lipinski definition) is 5. The minimum Gasteiger partial charge on any atom is -0.369 e. The summed E-state index contributed by atoms with van der Waals surface area (Å²) in [6.07, 6.45) is -6.21. The van der Waals surface area contributed by atoms with Gasteiger partial charge in [-0.05, 0) is 49.2 Å². The molecule has 2 fully saturated rings. The highest BCUT2D eigenvalue weighted by Crippen LogP contribution is 2.31. The maximum Gasteiger partial charge on any atom is 0.417 e. The van der Waals surface area contributed by atoms with Crippen molar-refractivity contribution in [1.29, 1.82) is 0 Å². The van der Waals surface area contributed by atoms with Gasteiger partial charge in [0.2, 0.25) is 5.91 Å². The summed E-state index contributed by atoms with van der Waals surface area (Å²) in [5.41, 5.74) is -0.698. The Morgan fingerprint density at radius 3 is 1.97 bits per heavy atom. The lowest BCUT2D eigenvalue weighted by molar-refractivity contribution is -0.138. The van der Waals surface area contributed by atoms with Gasteiger partial charge in [0.15, 0.2) is 0 Å². The maximum absolute atomic E-state index is 12.8. The largest absolute Gasteiger partial charge is 0.417 e. The third kappa shape index (κ3) is 7.27. The van der Waals surface area contributed by atoms with E-state index in [2.05, 4.69) is 15.2 Å². The zero-order chi connectivity index (χ0) is 26.6. The van der Waals surface area contributed by atoms with Crippen molar-refractivity contribution in [2.24, 2.45) is 0 Å². The number of aromatic nitrogens is 1. The van der Waals surface area contributed by atoms with Crippen molar-refractivity contribution < 1.29 is 31.1 Å². The molecule has 0 spiro atoms. The Hall–Kier alpha value is -3.02. The minimum atomic E-state index is -4.42. The number of rotatable bonds is 6. The molecule has 0 bridgehead atoms. The highest BCUT2D eigenvalue weighted by molar-refractivity contribution is 5.76. The molecule has 3 heterocycles.